The van der Waals surface area contributed by atoms with Crippen LogP contribution in [0.15, 0.2) is 9.89 Å². The Morgan fingerprint density at radius 1 is 1.32 bits per heavy atom. The average Bonchev–Trinajstić information content (AvgIpc) is 2.62. The van der Waals surface area contributed by atoms with Crippen molar-refractivity contribution in [3.63, 3.8) is 0 Å². The van der Waals surface area contributed by atoms with Crippen LogP contribution in [0.3, 0.4) is 0 Å². The van der Waals surface area contributed by atoms with Gasteiger partial charge in [0.15, 0.2) is 5.96 Å². The van der Waals surface area contributed by atoms with Crippen molar-refractivity contribution in [1.29, 1.82) is 0 Å². The van der Waals surface area contributed by atoms with Crippen molar-refractivity contribution in [2.75, 3.05) is 6.54 Å². The van der Waals surface area contributed by atoms with Gasteiger partial charge in [-0.25, -0.2) is 0 Å². The zero-order valence-electron chi connectivity index (χ0n) is 17.4. The molecule has 2 rings (SSSR count). The number of guanidine groups is 1. The number of nitrogens with two attached hydrogens (primary N) is 2. The smallest absolute Gasteiger partial charge is 0.320 e. The van der Waals surface area contributed by atoms with E-state index in [1.165, 1.54) is 28.6 Å². The van der Waals surface area contributed by atoms with Crippen LogP contribution in [0.2, 0.25) is 0 Å². The molecule has 1 aliphatic heterocycles. The van der Waals surface area contributed by atoms with Crippen LogP contribution in [-0.2, 0) is 11.2 Å². The zero-order chi connectivity index (χ0) is 21.1. The number of hydrogen-bond donors (Lipinski definition) is 4. The van der Waals surface area contributed by atoms with E-state index in [9.17, 15) is 4.79 Å². The fourth-order valence-electron chi connectivity index (χ4n) is 3.27. The molecule has 0 amide bonds. The van der Waals surface area contributed by atoms with Gasteiger partial charge >= 0.3 is 5.97 Å². The van der Waals surface area contributed by atoms with Gasteiger partial charge in [0.25, 0.3) is 0 Å². The Hall–Kier alpha value is -1.93. The lowest BCUT2D eigenvalue weighted by molar-refractivity contribution is -0.138. The maximum Gasteiger partial charge on any atom is 0.320 e. The summed E-state index contributed by atoms with van der Waals surface area (Å²) < 4.78 is 9.36. The fraction of sp³-hybridized carbons (Fsp3) is 0.600. The third-order valence-corrected chi connectivity index (χ3v) is 6.32. The van der Waals surface area contributed by atoms with Gasteiger partial charge in [-0.15, -0.1) is 0 Å². The minimum absolute atomic E-state index is 0.135. The van der Waals surface area contributed by atoms with E-state index in [2.05, 4.69) is 44.3 Å². The molecule has 0 fully saturated rings. The first-order chi connectivity index (χ1) is 13.0. The van der Waals surface area contributed by atoms with Crippen molar-refractivity contribution in [3.8, 4) is 5.75 Å². The van der Waals surface area contributed by atoms with Crippen molar-refractivity contribution in [2.45, 2.75) is 76.8 Å². The van der Waals surface area contributed by atoms with Crippen LogP contribution in [-0.4, -0.2) is 35.2 Å². The summed E-state index contributed by atoms with van der Waals surface area (Å²) in [5, 5.41) is 8.78. The quantitative estimate of drug-likeness (QED) is 0.237. The SMILES string of the molecule is Cc1c(C)c(SNC(N)=NCCC[C@H](N)C(=O)O)c(C)c2c1OC(C)(C)CC2. The number of carbonyl (C=O) groups is 1. The molecule has 0 aromatic heterocycles. The van der Waals surface area contributed by atoms with Crippen LogP contribution in [0, 0.1) is 20.8 Å². The summed E-state index contributed by atoms with van der Waals surface area (Å²) >= 11 is 1.46. The molecule has 0 unspecified atom stereocenters. The maximum atomic E-state index is 10.7. The topological polar surface area (TPSA) is 123 Å². The molecule has 156 valence electrons. The Morgan fingerprint density at radius 3 is 2.64 bits per heavy atom. The van der Waals surface area contributed by atoms with Crippen molar-refractivity contribution < 1.29 is 14.6 Å². The highest BCUT2D eigenvalue weighted by molar-refractivity contribution is 7.98. The van der Waals surface area contributed by atoms with Crippen molar-refractivity contribution in [2.24, 2.45) is 16.5 Å². The first-order valence-electron chi connectivity index (χ1n) is 9.56. The van der Waals surface area contributed by atoms with E-state index >= 15 is 0 Å². The summed E-state index contributed by atoms with van der Waals surface area (Å²) in [5.41, 5.74) is 16.1. The summed E-state index contributed by atoms with van der Waals surface area (Å²) in [6, 6.07) is -0.852. The van der Waals surface area contributed by atoms with E-state index in [-0.39, 0.29) is 5.60 Å². The second-order valence-corrected chi connectivity index (χ2v) is 8.75. The largest absolute Gasteiger partial charge is 0.487 e. The summed E-state index contributed by atoms with van der Waals surface area (Å²) in [4.78, 5) is 16.1. The molecule has 1 aromatic carbocycles. The number of aliphatic imine (C=N–C) groups is 1. The van der Waals surface area contributed by atoms with E-state index in [1.54, 1.807) is 0 Å². The number of hydrogen-bond acceptors (Lipinski definition) is 5. The van der Waals surface area contributed by atoms with Crippen LogP contribution in [0.4, 0.5) is 0 Å². The molecule has 1 aromatic rings. The molecular weight excluding hydrogens is 376 g/mol. The molecule has 8 heteroatoms. The Kier molecular flexibility index (Phi) is 7.22. The van der Waals surface area contributed by atoms with Crippen molar-refractivity contribution in [1.82, 2.24) is 4.72 Å². The van der Waals surface area contributed by atoms with Crippen LogP contribution in [0.1, 0.15) is 55.4 Å². The van der Waals surface area contributed by atoms with Gasteiger partial charge in [0.05, 0.1) is 0 Å². The molecule has 7 nitrogen and oxygen atoms in total. The molecule has 1 aliphatic rings. The molecule has 0 saturated carbocycles. The Morgan fingerprint density at radius 2 is 2.00 bits per heavy atom. The Bertz CT molecular complexity index is 777. The van der Waals surface area contributed by atoms with Crippen molar-refractivity contribution >= 4 is 23.9 Å². The van der Waals surface area contributed by atoms with Gasteiger partial charge in [-0.1, -0.05) is 0 Å². The third-order valence-electron chi connectivity index (χ3n) is 5.20. The lowest BCUT2D eigenvalue weighted by Gasteiger charge is -2.35. The number of nitrogens with one attached hydrogen (secondary N) is 1. The third kappa shape index (κ3) is 5.32. The highest BCUT2D eigenvalue weighted by Crippen LogP contribution is 2.43. The molecule has 1 heterocycles. The molecular formula is C20H32N4O3S. The summed E-state index contributed by atoms with van der Waals surface area (Å²) in [5.74, 6) is 0.346. The van der Waals surface area contributed by atoms with E-state index in [4.69, 9.17) is 21.3 Å². The predicted octanol–water partition coefficient (Wildman–Crippen LogP) is 2.82. The van der Waals surface area contributed by atoms with Gasteiger partial charge in [0.2, 0.25) is 0 Å². The average molecular weight is 409 g/mol. The highest BCUT2D eigenvalue weighted by Gasteiger charge is 2.30. The molecule has 0 radical (unpaired) electrons. The summed E-state index contributed by atoms with van der Waals surface area (Å²) in [6.07, 6.45) is 2.93. The minimum atomic E-state index is -0.994. The Labute approximate surface area is 171 Å². The number of ether oxygens (including phenoxy) is 1. The number of fused-ring (bicyclic) bond motifs is 1. The standard InChI is InChI=1S/C20H32N4O3S/c1-11-12(2)17(13(3)14-8-9-20(4,5)27-16(11)14)28-24-19(22)23-10-6-7-15(21)18(25)26/h15H,6-10,21H2,1-5H3,(H,25,26)(H3,22,23,24)/t15-/m0/s1. The van der Waals surface area contributed by atoms with E-state index in [0.29, 0.717) is 25.3 Å². The van der Waals surface area contributed by atoms with Crippen LogP contribution >= 0.6 is 11.9 Å². The fourth-order valence-corrected chi connectivity index (χ4v) is 4.12. The van der Waals surface area contributed by atoms with Crippen LogP contribution in [0.5, 0.6) is 5.75 Å². The first-order valence-corrected chi connectivity index (χ1v) is 10.4. The second kappa shape index (κ2) is 9.05. The highest BCUT2D eigenvalue weighted by atomic mass is 32.2. The van der Waals surface area contributed by atoms with Gasteiger partial charge in [-0.2, -0.15) is 0 Å². The minimum Gasteiger partial charge on any atom is -0.487 e. The number of nitrogens with zero attached hydrogens (tertiary/aromatic N) is 1. The molecule has 28 heavy (non-hydrogen) atoms. The second-order valence-electron chi connectivity index (χ2n) is 7.93. The van der Waals surface area contributed by atoms with Gasteiger partial charge in [0, 0.05) is 11.4 Å². The van der Waals surface area contributed by atoms with Gasteiger partial charge in [0.1, 0.15) is 17.4 Å². The monoisotopic (exact) mass is 408 g/mol. The predicted molar refractivity (Wildman–Crippen MR) is 114 cm³/mol. The maximum absolute atomic E-state index is 10.7. The van der Waals surface area contributed by atoms with Crippen LogP contribution < -0.4 is 20.9 Å². The number of benzene rings is 1. The van der Waals surface area contributed by atoms with Gasteiger partial charge in [-0.05, 0) is 94.5 Å². The number of carboxylic acid groups (broad SMARTS) is 1. The summed E-state index contributed by atoms with van der Waals surface area (Å²) in [7, 11) is 0. The van der Waals surface area contributed by atoms with E-state index in [0.717, 1.165) is 29.1 Å². The number of aliphatic carboxylic acids is 1. The molecule has 6 N–H and O–H groups in total. The molecule has 0 bridgehead atoms. The lowest BCUT2D eigenvalue weighted by Crippen LogP contribution is -2.33. The molecule has 0 aliphatic carbocycles. The van der Waals surface area contributed by atoms with Gasteiger partial charge < -0.3 is 21.3 Å². The van der Waals surface area contributed by atoms with Gasteiger partial charge in [-0.3, -0.25) is 14.5 Å². The molecule has 0 saturated heterocycles. The van der Waals surface area contributed by atoms with E-state index < -0.39 is 12.0 Å². The number of rotatable bonds is 7. The lowest BCUT2D eigenvalue weighted by atomic mass is 9.88. The van der Waals surface area contributed by atoms with Crippen LogP contribution in [0.25, 0.3) is 0 Å². The molecule has 0 spiro atoms. The van der Waals surface area contributed by atoms with Crippen molar-refractivity contribution in [3.05, 3.63) is 22.3 Å². The zero-order valence-corrected chi connectivity index (χ0v) is 18.2. The normalized spacial score (nSPS) is 16.9. The summed E-state index contributed by atoms with van der Waals surface area (Å²) in [6.45, 7) is 11.0. The van der Waals surface area contributed by atoms with E-state index in [1.807, 2.05) is 0 Å². The first kappa shape index (κ1) is 22.4. The number of carboxylic acids is 1. The Balaban J connectivity index is 2.04. The molecule has 1 atom stereocenters.